The summed E-state index contributed by atoms with van der Waals surface area (Å²) in [6.45, 7) is 2.23. The van der Waals surface area contributed by atoms with Crippen molar-refractivity contribution in [1.29, 1.82) is 0 Å². The van der Waals surface area contributed by atoms with Gasteiger partial charge in [-0.15, -0.1) is 22.7 Å². The number of nitrogens with zero attached hydrogens (tertiary/aromatic N) is 1. The van der Waals surface area contributed by atoms with Gasteiger partial charge in [0.05, 0.1) is 31.9 Å². The Morgan fingerprint density at radius 3 is 2.52 bits per heavy atom. The fourth-order valence-electron chi connectivity index (χ4n) is 3.69. The van der Waals surface area contributed by atoms with Crippen molar-refractivity contribution < 1.29 is 24.2 Å². The number of hydrogen-bond donors (Lipinski definition) is 1. The van der Waals surface area contributed by atoms with Crippen LogP contribution in [0.4, 0.5) is 0 Å². The van der Waals surface area contributed by atoms with Crippen molar-refractivity contribution in [2.75, 3.05) is 14.2 Å². The maximum Gasteiger partial charge on any atom is 0.296 e. The maximum atomic E-state index is 13.1. The molecule has 1 aliphatic heterocycles. The van der Waals surface area contributed by atoms with Crippen LogP contribution in [0.2, 0.25) is 0 Å². The molecule has 0 radical (unpaired) electrons. The summed E-state index contributed by atoms with van der Waals surface area (Å²) in [6, 6.07) is 10.0. The molecule has 1 unspecified atom stereocenters. The zero-order valence-electron chi connectivity index (χ0n) is 17.2. The Bertz CT molecular complexity index is 1160. The maximum absolute atomic E-state index is 13.1. The first-order chi connectivity index (χ1) is 15.0. The molecule has 6 nitrogen and oxygen atoms in total. The molecule has 1 atom stereocenters. The van der Waals surface area contributed by atoms with E-state index in [1.165, 1.54) is 41.8 Å². The molecule has 1 aliphatic rings. The van der Waals surface area contributed by atoms with Crippen LogP contribution in [0.3, 0.4) is 0 Å². The van der Waals surface area contributed by atoms with Crippen molar-refractivity contribution in [2.24, 2.45) is 0 Å². The molecule has 1 N–H and O–H groups in total. The Balaban J connectivity index is 1.89. The van der Waals surface area contributed by atoms with Crippen molar-refractivity contribution in [2.45, 2.75) is 19.5 Å². The molecular formula is C23H21NO5S2. The SMILES string of the molecule is COc1ccc(/C(O)=C2\C(=O)C(=O)N(Cc3cccs3)C2c2sccc2C)c(OC)c1. The number of Topliss-reactive ketones (excluding diaryl/α,β-unsaturated/α-hetero) is 1. The number of likely N-dealkylation sites (tertiary alicyclic amines) is 1. The molecule has 1 saturated heterocycles. The highest BCUT2D eigenvalue weighted by Gasteiger charge is 2.47. The summed E-state index contributed by atoms with van der Waals surface area (Å²) in [7, 11) is 3.01. The van der Waals surface area contributed by atoms with E-state index in [0.29, 0.717) is 23.6 Å². The fourth-order valence-corrected chi connectivity index (χ4v) is 5.44. The molecule has 2 aromatic heterocycles. The largest absolute Gasteiger partial charge is 0.507 e. The third-order valence-electron chi connectivity index (χ3n) is 5.26. The van der Waals surface area contributed by atoms with Gasteiger partial charge in [-0.1, -0.05) is 6.07 Å². The molecule has 3 heterocycles. The number of thiophene rings is 2. The fraction of sp³-hybridized carbons (Fsp3) is 0.217. The van der Waals surface area contributed by atoms with Crippen LogP contribution in [0.25, 0.3) is 5.76 Å². The second kappa shape index (κ2) is 8.56. The smallest absolute Gasteiger partial charge is 0.296 e. The topological polar surface area (TPSA) is 76.1 Å². The van der Waals surface area contributed by atoms with Gasteiger partial charge in [-0.25, -0.2) is 0 Å². The molecule has 1 aromatic carbocycles. The Hall–Kier alpha value is -3.10. The molecule has 0 saturated carbocycles. The van der Waals surface area contributed by atoms with Crippen LogP contribution in [0.15, 0.2) is 52.7 Å². The summed E-state index contributed by atoms with van der Waals surface area (Å²) in [5.41, 5.74) is 1.35. The van der Waals surface area contributed by atoms with Crippen LogP contribution in [0.5, 0.6) is 11.5 Å². The van der Waals surface area contributed by atoms with E-state index < -0.39 is 17.7 Å². The zero-order chi connectivity index (χ0) is 22.1. The van der Waals surface area contributed by atoms with Gasteiger partial charge >= 0.3 is 0 Å². The minimum Gasteiger partial charge on any atom is -0.507 e. The van der Waals surface area contributed by atoms with E-state index in [1.807, 2.05) is 35.9 Å². The zero-order valence-corrected chi connectivity index (χ0v) is 18.9. The minimum atomic E-state index is -0.704. The summed E-state index contributed by atoms with van der Waals surface area (Å²) in [4.78, 5) is 29.5. The molecule has 31 heavy (non-hydrogen) atoms. The third-order valence-corrected chi connectivity index (χ3v) is 7.19. The molecule has 1 fully saturated rings. The van der Waals surface area contributed by atoms with Crippen molar-refractivity contribution in [1.82, 2.24) is 4.90 Å². The van der Waals surface area contributed by atoms with Gasteiger partial charge < -0.3 is 19.5 Å². The summed E-state index contributed by atoms with van der Waals surface area (Å²) in [5, 5.41) is 15.1. The van der Waals surface area contributed by atoms with Gasteiger partial charge in [-0.2, -0.15) is 0 Å². The summed E-state index contributed by atoms with van der Waals surface area (Å²) in [5.74, 6) is -0.686. The number of ether oxygens (including phenoxy) is 2. The van der Waals surface area contributed by atoms with Crippen LogP contribution in [-0.2, 0) is 16.1 Å². The first-order valence-corrected chi connectivity index (χ1v) is 11.3. The molecule has 0 aliphatic carbocycles. The van der Waals surface area contributed by atoms with Gasteiger partial charge in [0.1, 0.15) is 23.3 Å². The van der Waals surface area contributed by atoms with Crippen LogP contribution >= 0.6 is 22.7 Å². The molecule has 160 valence electrons. The number of methoxy groups -OCH3 is 2. The van der Waals surface area contributed by atoms with Gasteiger partial charge in [-0.05, 0) is 47.5 Å². The van der Waals surface area contributed by atoms with E-state index in [2.05, 4.69) is 0 Å². The first-order valence-electron chi connectivity index (χ1n) is 9.53. The normalized spacial score (nSPS) is 17.9. The van der Waals surface area contributed by atoms with Crippen molar-refractivity contribution >= 4 is 40.1 Å². The number of ketones is 1. The molecule has 3 aromatic rings. The number of benzene rings is 1. The average Bonchev–Trinajstić information content (AvgIpc) is 3.50. The Morgan fingerprint density at radius 1 is 1.10 bits per heavy atom. The van der Waals surface area contributed by atoms with Crippen LogP contribution in [-0.4, -0.2) is 35.9 Å². The van der Waals surface area contributed by atoms with Crippen LogP contribution in [0, 0.1) is 6.92 Å². The second-order valence-electron chi connectivity index (χ2n) is 7.04. The van der Waals surface area contributed by atoms with E-state index in [9.17, 15) is 14.7 Å². The number of hydrogen-bond acceptors (Lipinski definition) is 7. The standard InChI is InChI=1S/C23H21NO5S2/c1-13-8-10-31-22(13)19-18(20(25)16-7-6-14(28-2)11-17(16)29-3)21(26)23(27)24(19)12-15-5-4-9-30-15/h4-11,19,25H,12H2,1-3H3/b20-18+. The van der Waals surface area contributed by atoms with E-state index in [-0.39, 0.29) is 11.3 Å². The summed E-state index contributed by atoms with van der Waals surface area (Å²) < 4.78 is 10.6. The van der Waals surface area contributed by atoms with E-state index in [4.69, 9.17) is 9.47 Å². The number of rotatable bonds is 6. The molecule has 0 bridgehead atoms. The lowest BCUT2D eigenvalue weighted by Gasteiger charge is -2.24. The molecule has 0 spiro atoms. The van der Waals surface area contributed by atoms with E-state index in [0.717, 1.165) is 15.3 Å². The highest BCUT2D eigenvalue weighted by molar-refractivity contribution is 7.10. The summed E-state index contributed by atoms with van der Waals surface area (Å²) >= 11 is 2.98. The average molecular weight is 456 g/mol. The van der Waals surface area contributed by atoms with Gasteiger partial charge in [0.2, 0.25) is 0 Å². The molecule has 8 heteroatoms. The van der Waals surface area contributed by atoms with Crippen LogP contribution < -0.4 is 9.47 Å². The highest BCUT2D eigenvalue weighted by atomic mass is 32.1. The molecule has 1 amide bonds. The van der Waals surface area contributed by atoms with Gasteiger partial charge in [0, 0.05) is 15.8 Å². The van der Waals surface area contributed by atoms with Gasteiger partial charge in [0.25, 0.3) is 11.7 Å². The van der Waals surface area contributed by atoms with Crippen molar-refractivity contribution in [3.8, 4) is 11.5 Å². The predicted molar refractivity (Wildman–Crippen MR) is 121 cm³/mol. The summed E-state index contributed by atoms with van der Waals surface area (Å²) in [6.07, 6.45) is 0. The Kier molecular flexibility index (Phi) is 5.84. The number of aliphatic hydroxyl groups excluding tert-OH is 1. The Morgan fingerprint density at radius 2 is 1.90 bits per heavy atom. The third kappa shape index (κ3) is 3.73. The number of aliphatic hydroxyl groups is 1. The highest BCUT2D eigenvalue weighted by Crippen LogP contribution is 2.44. The lowest BCUT2D eigenvalue weighted by molar-refractivity contribution is -0.140. The number of amides is 1. The minimum absolute atomic E-state index is 0.0653. The molecular weight excluding hydrogens is 434 g/mol. The quantitative estimate of drug-likeness (QED) is 0.330. The number of carbonyl (C=O) groups is 2. The monoisotopic (exact) mass is 455 g/mol. The van der Waals surface area contributed by atoms with Crippen molar-refractivity contribution in [3.63, 3.8) is 0 Å². The number of aryl methyl sites for hydroxylation is 1. The lowest BCUT2D eigenvalue weighted by atomic mass is 9.98. The van der Waals surface area contributed by atoms with E-state index in [1.54, 1.807) is 18.2 Å². The number of carbonyl (C=O) groups excluding carboxylic acids is 2. The first kappa shape index (κ1) is 21.1. The lowest BCUT2D eigenvalue weighted by Crippen LogP contribution is -2.28. The van der Waals surface area contributed by atoms with Gasteiger partial charge in [0.15, 0.2) is 0 Å². The predicted octanol–water partition coefficient (Wildman–Crippen LogP) is 4.76. The Labute approximate surface area is 188 Å². The van der Waals surface area contributed by atoms with E-state index >= 15 is 0 Å². The van der Waals surface area contributed by atoms with Gasteiger partial charge in [-0.3, -0.25) is 9.59 Å². The van der Waals surface area contributed by atoms with Crippen LogP contribution in [0.1, 0.15) is 26.9 Å². The molecule has 4 rings (SSSR count). The van der Waals surface area contributed by atoms with Crippen molar-refractivity contribution in [3.05, 3.63) is 73.6 Å². The second-order valence-corrected chi connectivity index (χ2v) is 9.02.